The number of benzene rings is 2. The van der Waals surface area contributed by atoms with E-state index in [1.54, 1.807) is 31.2 Å². The maximum Gasteiger partial charge on any atom is 0.269 e. The third-order valence-corrected chi connectivity index (χ3v) is 3.95. The third-order valence-electron chi connectivity index (χ3n) is 3.95. The van der Waals surface area contributed by atoms with Gasteiger partial charge in [-0.15, -0.1) is 0 Å². The molecule has 0 saturated heterocycles. The van der Waals surface area contributed by atoms with Crippen molar-refractivity contribution in [2.45, 2.75) is 33.7 Å². The van der Waals surface area contributed by atoms with Crippen LogP contribution >= 0.6 is 0 Å². The van der Waals surface area contributed by atoms with E-state index in [0.29, 0.717) is 11.1 Å². The van der Waals surface area contributed by atoms with Gasteiger partial charge in [0.15, 0.2) is 0 Å². The van der Waals surface area contributed by atoms with Gasteiger partial charge in [0.25, 0.3) is 17.7 Å². The molecule has 6 nitrogen and oxygen atoms in total. The number of rotatable bonds is 4. The van der Waals surface area contributed by atoms with Gasteiger partial charge in [0.2, 0.25) is 0 Å². The molecule has 2 rings (SSSR count). The van der Waals surface area contributed by atoms with Crippen LogP contribution in [0.1, 0.15) is 44.3 Å². The number of amides is 3. The Morgan fingerprint density at radius 2 is 1.54 bits per heavy atom. The quantitative estimate of drug-likeness (QED) is 0.737. The first-order chi connectivity index (χ1) is 12.3. The average molecular weight is 353 g/mol. The Morgan fingerprint density at radius 3 is 2.19 bits per heavy atom. The molecule has 0 aromatic heterocycles. The smallest absolute Gasteiger partial charge is 0.269 e. The topological polar surface area (TPSA) is 87.3 Å². The highest BCUT2D eigenvalue weighted by Crippen LogP contribution is 2.10. The summed E-state index contributed by atoms with van der Waals surface area (Å²) in [7, 11) is 0. The van der Waals surface area contributed by atoms with Gasteiger partial charge in [-0.25, -0.2) is 0 Å². The van der Waals surface area contributed by atoms with E-state index in [1.165, 1.54) is 0 Å². The molecule has 136 valence electrons. The Hall–Kier alpha value is -3.15. The van der Waals surface area contributed by atoms with E-state index < -0.39 is 17.9 Å². The van der Waals surface area contributed by atoms with Crippen molar-refractivity contribution >= 4 is 17.7 Å². The summed E-state index contributed by atoms with van der Waals surface area (Å²) in [5.41, 5.74) is 8.49. The second-order valence-corrected chi connectivity index (χ2v) is 6.33. The lowest BCUT2D eigenvalue weighted by Gasteiger charge is -2.15. The first-order valence-corrected chi connectivity index (χ1v) is 8.33. The van der Waals surface area contributed by atoms with E-state index in [9.17, 15) is 14.4 Å². The fourth-order valence-corrected chi connectivity index (χ4v) is 2.49. The van der Waals surface area contributed by atoms with Gasteiger partial charge >= 0.3 is 0 Å². The van der Waals surface area contributed by atoms with Crippen LogP contribution in [0, 0.1) is 20.8 Å². The molecule has 0 fully saturated rings. The van der Waals surface area contributed by atoms with Crippen molar-refractivity contribution in [3.05, 3.63) is 70.3 Å². The van der Waals surface area contributed by atoms with Crippen LogP contribution in [0.5, 0.6) is 0 Å². The van der Waals surface area contributed by atoms with Crippen molar-refractivity contribution in [3.63, 3.8) is 0 Å². The summed E-state index contributed by atoms with van der Waals surface area (Å²) in [6, 6.07) is 11.7. The van der Waals surface area contributed by atoms with Crippen molar-refractivity contribution in [1.82, 2.24) is 16.2 Å². The van der Waals surface area contributed by atoms with Gasteiger partial charge in [0.1, 0.15) is 6.04 Å². The van der Waals surface area contributed by atoms with Crippen LogP contribution < -0.4 is 16.2 Å². The average Bonchev–Trinajstić information content (AvgIpc) is 2.59. The molecule has 0 bridgehead atoms. The molecule has 0 spiro atoms. The lowest BCUT2D eigenvalue weighted by molar-refractivity contribution is -0.123. The standard InChI is InChI=1S/C20H23N3O3/c1-12-6-5-7-16(11-12)19(25)21-15(4)18(24)22-23-20(26)17-9-8-13(2)10-14(17)3/h5-11,15H,1-4H3,(H,21,25)(H,22,24)(H,23,26)/t15-/m0/s1. The molecule has 0 aliphatic carbocycles. The summed E-state index contributed by atoms with van der Waals surface area (Å²) in [5.74, 6) is -1.27. The largest absolute Gasteiger partial charge is 0.340 e. The number of aryl methyl sites for hydroxylation is 3. The molecule has 3 amide bonds. The van der Waals surface area contributed by atoms with Gasteiger partial charge in [-0.2, -0.15) is 0 Å². The zero-order chi connectivity index (χ0) is 19.3. The number of hydrogen-bond acceptors (Lipinski definition) is 3. The lowest BCUT2D eigenvalue weighted by Crippen LogP contribution is -2.51. The maximum atomic E-state index is 12.2. The molecule has 2 aromatic carbocycles. The van der Waals surface area contributed by atoms with Gasteiger partial charge in [-0.1, -0.05) is 35.4 Å². The molecule has 0 heterocycles. The number of hydrogen-bond donors (Lipinski definition) is 3. The number of carbonyl (C=O) groups is 3. The Bertz CT molecular complexity index is 846. The fraction of sp³-hybridized carbons (Fsp3) is 0.250. The van der Waals surface area contributed by atoms with E-state index in [4.69, 9.17) is 0 Å². The van der Waals surface area contributed by atoms with Crippen LogP contribution in [0.4, 0.5) is 0 Å². The van der Waals surface area contributed by atoms with Crippen molar-refractivity contribution < 1.29 is 14.4 Å². The van der Waals surface area contributed by atoms with E-state index in [-0.39, 0.29) is 5.91 Å². The highest BCUT2D eigenvalue weighted by molar-refractivity contribution is 5.99. The Balaban J connectivity index is 1.90. The Morgan fingerprint density at radius 1 is 0.846 bits per heavy atom. The Labute approximate surface area is 153 Å². The second-order valence-electron chi connectivity index (χ2n) is 6.33. The highest BCUT2D eigenvalue weighted by Gasteiger charge is 2.18. The van der Waals surface area contributed by atoms with E-state index in [2.05, 4.69) is 16.2 Å². The van der Waals surface area contributed by atoms with Crippen LogP contribution in [0.2, 0.25) is 0 Å². The summed E-state index contributed by atoms with van der Waals surface area (Å²) in [5, 5.41) is 2.60. The van der Waals surface area contributed by atoms with Crippen LogP contribution in [0.25, 0.3) is 0 Å². The van der Waals surface area contributed by atoms with Crippen molar-refractivity contribution in [3.8, 4) is 0 Å². The molecule has 0 unspecified atom stereocenters. The summed E-state index contributed by atoms with van der Waals surface area (Å²) >= 11 is 0. The molecule has 3 N–H and O–H groups in total. The van der Waals surface area contributed by atoms with Crippen LogP contribution in [0.3, 0.4) is 0 Å². The molecular formula is C20H23N3O3. The van der Waals surface area contributed by atoms with Crippen molar-refractivity contribution in [2.24, 2.45) is 0 Å². The molecule has 0 radical (unpaired) electrons. The molecule has 6 heteroatoms. The van der Waals surface area contributed by atoms with E-state index in [1.807, 2.05) is 39.0 Å². The van der Waals surface area contributed by atoms with Gasteiger partial charge in [-0.3, -0.25) is 25.2 Å². The van der Waals surface area contributed by atoms with Crippen LogP contribution in [0.15, 0.2) is 42.5 Å². The SMILES string of the molecule is Cc1cccc(C(=O)N[C@@H](C)C(=O)NNC(=O)c2ccc(C)cc2C)c1. The molecule has 0 aliphatic heterocycles. The second kappa shape index (κ2) is 8.29. The summed E-state index contributed by atoms with van der Waals surface area (Å²) in [4.78, 5) is 36.5. The number of hydrazine groups is 1. The Kier molecular flexibility index (Phi) is 6.11. The first kappa shape index (κ1) is 19.2. The molecule has 0 saturated carbocycles. The minimum Gasteiger partial charge on any atom is -0.340 e. The third kappa shape index (κ3) is 4.92. The zero-order valence-corrected chi connectivity index (χ0v) is 15.3. The predicted molar refractivity (Wildman–Crippen MR) is 99.6 cm³/mol. The fourth-order valence-electron chi connectivity index (χ4n) is 2.49. The maximum absolute atomic E-state index is 12.2. The first-order valence-electron chi connectivity index (χ1n) is 8.33. The van der Waals surface area contributed by atoms with Crippen molar-refractivity contribution in [1.29, 1.82) is 0 Å². The normalized spacial score (nSPS) is 11.4. The zero-order valence-electron chi connectivity index (χ0n) is 15.3. The molecule has 2 aromatic rings. The monoisotopic (exact) mass is 353 g/mol. The van der Waals surface area contributed by atoms with Gasteiger partial charge in [0, 0.05) is 11.1 Å². The van der Waals surface area contributed by atoms with Gasteiger partial charge < -0.3 is 5.32 Å². The number of nitrogens with one attached hydrogen (secondary N) is 3. The molecule has 1 atom stereocenters. The predicted octanol–water partition coefficient (Wildman–Crippen LogP) is 2.19. The van der Waals surface area contributed by atoms with Gasteiger partial charge in [0.05, 0.1) is 0 Å². The number of carbonyl (C=O) groups excluding carboxylic acids is 3. The minimum absolute atomic E-state index is 0.350. The van der Waals surface area contributed by atoms with E-state index >= 15 is 0 Å². The van der Waals surface area contributed by atoms with Crippen LogP contribution in [-0.2, 0) is 4.79 Å². The van der Waals surface area contributed by atoms with Crippen LogP contribution in [-0.4, -0.2) is 23.8 Å². The minimum atomic E-state index is -0.803. The van der Waals surface area contributed by atoms with Crippen molar-refractivity contribution in [2.75, 3.05) is 0 Å². The summed E-state index contributed by atoms with van der Waals surface area (Å²) in [6.07, 6.45) is 0. The summed E-state index contributed by atoms with van der Waals surface area (Å²) < 4.78 is 0. The van der Waals surface area contributed by atoms with Gasteiger partial charge in [-0.05, 0) is 51.5 Å². The lowest BCUT2D eigenvalue weighted by atomic mass is 10.1. The highest BCUT2D eigenvalue weighted by atomic mass is 16.2. The molecule has 0 aliphatic rings. The molecular weight excluding hydrogens is 330 g/mol. The summed E-state index contributed by atoms with van der Waals surface area (Å²) in [6.45, 7) is 7.20. The molecule has 26 heavy (non-hydrogen) atoms. The van der Waals surface area contributed by atoms with E-state index in [0.717, 1.165) is 16.7 Å².